The fourth-order valence-electron chi connectivity index (χ4n) is 0.655. The molecule has 1 aromatic rings. The van der Waals surface area contributed by atoms with Gasteiger partial charge in [0, 0.05) is 12.3 Å². The molecule has 0 aliphatic carbocycles. The molecule has 0 aliphatic rings. The molecule has 0 saturated heterocycles. The minimum absolute atomic E-state index is 0.101. The Morgan fingerprint density at radius 3 is 3.00 bits per heavy atom. The zero-order valence-electron chi connectivity index (χ0n) is 5.63. The molecule has 4 N–H and O–H groups in total. The zero-order chi connectivity index (χ0) is 8.27. The first kappa shape index (κ1) is 7.46. The van der Waals surface area contributed by atoms with Crippen LogP contribution in [-0.2, 0) is 0 Å². The van der Waals surface area contributed by atoms with E-state index in [2.05, 4.69) is 9.98 Å². The predicted molar refractivity (Wildman–Crippen MR) is 40.3 cm³/mol. The van der Waals surface area contributed by atoms with E-state index in [1.54, 1.807) is 0 Å². The summed E-state index contributed by atoms with van der Waals surface area (Å²) in [7, 11) is 0. The second-order valence-corrected chi connectivity index (χ2v) is 1.88. The number of amidine groups is 1. The van der Waals surface area contributed by atoms with Crippen molar-refractivity contribution in [1.82, 2.24) is 4.98 Å². The van der Waals surface area contributed by atoms with Gasteiger partial charge in [0.25, 0.3) is 0 Å². The fourth-order valence-corrected chi connectivity index (χ4v) is 0.655. The average molecular weight is 154 g/mol. The first-order valence-electron chi connectivity index (χ1n) is 2.90. The molecular formula is C6H7FN4. The van der Waals surface area contributed by atoms with Gasteiger partial charge in [0.2, 0.25) is 0 Å². The zero-order valence-corrected chi connectivity index (χ0v) is 5.63. The van der Waals surface area contributed by atoms with E-state index in [1.165, 1.54) is 12.3 Å². The van der Waals surface area contributed by atoms with Crippen LogP contribution in [0.1, 0.15) is 5.69 Å². The summed E-state index contributed by atoms with van der Waals surface area (Å²) in [5.41, 5.74) is 5.70. The van der Waals surface area contributed by atoms with Crippen LogP contribution in [0.5, 0.6) is 0 Å². The molecule has 0 saturated carbocycles. The number of nitrogens with zero attached hydrogens (tertiary/aromatic N) is 1. The lowest BCUT2D eigenvalue weighted by atomic mass is 10.4. The van der Waals surface area contributed by atoms with Gasteiger partial charge in [0.05, 0.1) is 5.69 Å². The second kappa shape index (κ2) is 2.96. The molecule has 0 radical (unpaired) electrons. The number of hydrogen-bond donors (Lipinski definition) is 3. The number of aliphatic imine (C=N–C) groups is 1. The number of aromatic amines is 1. The summed E-state index contributed by atoms with van der Waals surface area (Å²) in [5, 5.41) is 6.59. The van der Waals surface area contributed by atoms with Crippen LogP contribution in [-0.4, -0.2) is 17.2 Å². The van der Waals surface area contributed by atoms with E-state index < -0.39 is 5.82 Å². The monoisotopic (exact) mass is 154 g/mol. The van der Waals surface area contributed by atoms with Crippen molar-refractivity contribution in [3.63, 3.8) is 0 Å². The molecule has 1 heterocycles. The summed E-state index contributed by atoms with van der Waals surface area (Å²) in [6.07, 6.45) is 1.97. The Morgan fingerprint density at radius 2 is 2.55 bits per heavy atom. The lowest BCUT2D eigenvalue weighted by Gasteiger charge is -1.90. The van der Waals surface area contributed by atoms with Crippen molar-refractivity contribution in [3.05, 3.63) is 23.8 Å². The standard InChI is InChI=1S/C6H7FN4/c7-4-1-5(10-2-4)6(9)11-3-8/h1-3,10H,(H3,8,9,11). The predicted octanol–water partition coefficient (Wildman–Crippen LogP) is 0.466. The molecule has 58 valence electrons. The number of nitrogens with two attached hydrogens (primary N) is 1. The van der Waals surface area contributed by atoms with Crippen LogP contribution in [0.25, 0.3) is 0 Å². The summed E-state index contributed by atoms with van der Waals surface area (Å²) in [4.78, 5) is 6.00. The van der Waals surface area contributed by atoms with Gasteiger partial charge < -0.3 is 10.7 Å². The highest BCUT2D eigenvalue weighted by Gasteiger charge is 2.00. The fraction of sp³-hybridized carbons (Fsp3) is 0. The van der Waals surface area contributed by atoms with Crippen molar-refractivity contribution >= 4 is 12.2 Å². The number of halogens is 1. The summed E-state index contributed by atoms with van der Waals surface area (Å²) >= 11 is 0. The van der Waals surface area contributed by atoms with Gasteiger partial charge in [-0.3, -0.25) is 5.41 Å². The first-order chi connectivity index (χ1) is 5.24. The molecule has 0 spiro atoms. The number of aromatic nitrogens is 1. The van der Waals surface area contributed by atoms with Crippen LogP contribution in [0.2, 0.25) is 0 Å². The number of hydrogen-bond acceptors (Lipinski definition) is 1. The van der Waals surface area contributed by atoms with Crippen LogP contribution in [0, 0.1) is 11.2 Å². The second-order valence-electron chi connectivity index (χ2n) is 1.88. The normalized spacial score (nSPS) is 11.5. The van der Waals surface area contributed by atoms with Gasteiger partial charge in [-0.05, 0) is 0 Å². The first-order valence-corrected chi connectivity index (χ1v) is 2.90. The van der Waals surface area contributed by atoms with E-state index in [9.17, 15) is 4.39 Å². The topological polar surface area (TPSA) is 78.0 Å². The molecule has 0 amide bonds. The van der Waals surface area contributed by atoms with Gasteiger partial charge in [-0.1, -0.05) is 0 Å². The third-order valence-electron chi connectivity index (χ3n) is 1.13. The van der Waals surface area contributed by atoms with Crippen molar-refractivity contribution in [3.8, 4) is 0 Å². The van der Waals surface area contributed by atoms with Gasteiger partial charge in [-0.25, -0.2) is 9.38 Å². The van der Waals surface area contributed by atoms with Crippen LogP contribution in [0.4, 0.5) is 4.39 Å². The minimum Gasteiger partial charge on any atom is -0.382 e. The summed E-state index contributed by atoms with van der Waals surface area (Å²) in [5.74, 6) is -0.299. The maximum atomic E-state index is 12.3. The Morgan fingerprint density at radius 1 is 1.82 bits per heavy atom. The molecule has 0 aliphatic heterocycles. The Labute approximate surface area is 62.5 Å². The maximum Gasteiger partial charge on any atom is 0.149 e. The van der Waals surface area contributed by atoms with E-state index in [0.717, 1.165) is 6.34 Å². The average Bonchev–Trinajstić information content (AvgIpc) is 2.36. The van der Waals surface area contributed by atoms with E-state index in [1.807, 2.05) is 0 Å². The molecular weight excluding hydrogens is 147 g/mol. The third kappa shape index (κ3) is 1.64. The molecule has 0 unspecified atom stereocenters. The molecule has 4 nitrogen and oxygen atoms in total. The molecule has 0 bridgehead atoms. The van der Waals surface area contributed by atoms with Gasteiger partial charge in [0.1, 0.15) is 18.0 Å². The lowest BCUT2D eigenvalue weighted by Crippen LogP contribution is -2.13. The quantitative estimate of drug-likeness (QED) is 0.420. The van der Waals surface area contributed by atoms with Crippen molar-refractivity contribution in [2.75, 3.05) is 0 Å². The molecule has 1 aromatic heterocycles. The SMILES string of the molecule is N=CN=C(N)c1cc(F)c[nH]1. The van der Waals surface area contributed by atoms with Crippen LogP contribution < -0.4 is 5.73 Å². The minimum atomic E-state index is -0.400. The highest BCUT2D eigenvalue weighted by molar-refractivity contribution is 5.99. The van der Waals surface area contributed by atoms with E-state index >= 15 is 0 Å². The van der Waals surface area contributed by atoms with E-state index in [4.69, 9.17) is 11.1 Å². The van der Waals surface area contributed by atoms with E-state index in [0.29, 0.717) is 5.69 Å². The largest absolute Gasteiger partial charge is 0.382 e. The molecule has 0 aromatic carbocycles. The smallest absolute Gasteiger partial charge is 0.149 e. The molecule has 5 heteroatoms. The molecule has 11 heavy (non-hydrogen) atoms. The number of rotatable bonds is 2. The summed E-state index contributed by atoms with van der Waals surface area (Å²) in [6, 6.07) is 1.21. The lowest BCUT2D eigenvalue weighted by molar-refractivity contribution is 0.629. The summed E-state index contributed by atoms with van der Waals surface area (Å²) < 4.78 is 12.3. The molecule has 1 rings (SSSR count). The van der Waals surface area contributed by atoms with Gasteiger partial charge >= 0.3 is 0 Å². The van der Waals surface area contributed by atoms with Crippen molar-refractivity contribution in [2.24, 2.45) is 10.7 Å². The van der Waals surface area contributed by atoms with Gasteiger partial charge in [0.15, 0.2) is 0 Å². The molecule has 0 atom stereocenters. The number of H-pyrrole nitrogens is 1. The highest BCUT2D eigenvalue weighted by atomic mass is 19.1. The van der Waals surface area contributed by atoms with Crippen molar-refractivity contribution < 1.29 is 4.39 Å². The van der Waals surface area contributed by atoms with Crippen molar-refractivity contribution in [1.29, 1.82) is 5.41 Å². The number of nitrogens with one attached hydrogen (secondary N) is 2. The Hall–Kier alpha value is -1.65. The van der Waals surface area contributed by atoms with Gasteiger partial charge in [-0.2, -0.15) is 0 Å². The molecule has 0 fully saturated rings. The third-order valence-corrected chi connectivity index (χ3v) is 1.13. The van der Waals surface area contributed by atoms with Gasteiger partial charge in [-0.15, -0.1) is 0 Å². The Kier molecular flexibility index (Phi) is 2.00. The Bertz CT molecular complexity index is 289. The van der Waals surface area contributed by atoms with Crippen molar-refractivity contribution in [2.45, 2.75) is 0 Å². The Balaban J connectivity index is 2.93. The highest BCUT2D eigenvalue weighted by Crippen LogP contribution is 1.99. The maximum absolute atomic E-state index is 12.3. The van der Waals surface area contributed by atoms with Crippen LogP contribution in [0.15, 0.2) is 17.3 Å². The summed E-state index contributed by atoms with van der Waals surface area (Å²) in [6.45, 7) is 0. The van der Waals surface area contributed by atoms with E-state index in [-0.39, 0.29) is 5.84 Å². The van der Waals surface area contributed by atoms with Crippen LogP contribution in [0.3, 0.4) is 0 Å². The van der Waals surface area contributed by atoms with Crippen LogP contribution >= 0.6 is 0 Å².